The number of carbonyl (C=O) groups is 4. The van der Waals surface area contributed by atoms with E-state index in [-0.39, 0.29) is 171 Å². The minimum absolute atomic E-state index is 0.0000821. The fourth-order valence-corrected chi connectivity index (χ4v) is 15.0. The molecule has 1 aliphatic heterocycles. The van der Waals surface area contributed by atoms with Crippen LogP contribution in [0.25, 0.3) is 0 Å². The Bertz CT molecular complexity index is 5940. The second-order valence-electron chi connectivity index (χ2n) is 32.3. The zero-order valence-electron chi connectivity index (χ0n) is 75.3. The van der Waals surface area contributed by atoms with Crippen molar-refractivity contribution in [2.24, 2.45) is 0 Å². The Hall–Kier alpha value is -17.0. The highest BCUT2D eigenvalue weighted by molar-refractivity contribution is 5.94. The van der Waals surface area contributed by atoms with Crippen molar-refractivity contribution in [3.05, 3.63) is 502 Å². The zero-order chi connectivity index (χ0) is 94.1. The lowest BCUT2D eigenvalue weighted by molar-refractivity contribution is -0.250. The summed E-state index contributed by atoms with van der Waals surface area (Å²) in [5.74, 6) is -3.44. The SMILES string of the molecule is O=C(OC1OC[C@@H](OC(=O)c2cc(OCc3ccccc3)c(OCc3ccccc3)c(OCc3ccccc3)c2)[C@H](OC(=O)c2cc(OCc3ccccc3)c(OCc3ccccc3)c(OCc3ccccc3)c2)[C@H]1OC(=O)c1cc(OCc2ccccc2)c(OCc2ccccc2)c(OCc2ccccc2)c1)c1cc(OCc2ccccc2)c(OCc2ccccc2)c(OCc2ccccc2)c1. The molecule has 21 heteroatoms. The first-order chi connectivity index (χ1) is 68.0. The van der Waals surface area contributed by atoms with Gasteiger partial charge in [-0.25, -0.2) is 19.2 Å². The van der Waals surface area contributed by atoms with Gasteiger partial charge in [0.2, 0.25) is 35.4 Å². The van der Waals surface area contributed by atoms with Gasteiger partial charge in [0, 0.05) is 0 Å². The first-order valence-corrected chi connectivity index (χ1v) is 45.2. The molecule has 0 saturated carbocycles. The van der Waals surface area contributed by atoms with Crippen molar-refractivity contribution in [2.75, 3.05) is 6.61 Å². The normalized spacial score (nSPS) is 13.6. The molecule has 0 aromatic heterocycles. The van der Waals surface area contributed by atoms with Crippen LogP contribution >= 0.6 is 0 Å². The van der Waals surface area contributed by atoms with Crippen molar-refractivity contribution in [1.29, 1.82) is 0 Å². The topological polar surface area (TPSA) is 225 Å². The first kappa shape index (κ1) is 92.8. The van der Waals surface area contributed by atoms with Crippen LogP contribution in [0.3, 0.4) is 0 Å². The summed E-state index contributed by atoms with van der Waals surface area (Å²) >= 11 is 0. The van der Waals surface area contributed by atoms with Gasteiger partial charge < -0.3 is 80.5 Å². The molecule has 0 aliphatic carbocycles. The third-order valence-corrected chi connectivity index (χ3v) is 22.2. The van der Waals surface area contributed by atoms with E-state index in [0.717, 1.165) is 66.8 Å². The van der Waals surface area contributed by atoms with Crippen LogP contribution in [0.4, 0.5) is 0 Å². The highest BCUT2D eigenvalue weighted by Gasteiger charge is 2.51. The summed E-state index contributed by atoms with van der Waals surface area (Å²) < 4.78 is 115. The number of esters is 4. The van der Waals surface area contributed by atoms with Crippen LogP contribution in [0.5, 0.6) is 69.0 Å². The van der Waals surface area contributed by atoms with Gasteiger partial charge in [0.1, 0.15) is 79.3 Å². The van der Waals surface area contributed by atoms with Crippen LogP contribution < -0.4 is 56.8 Å². The van der Waals surface area contributed by atoms with Crippen LogP contribution in [-0.2, 0) is 103 Å². The maximum absolute atomic E-state index is 16.6. The molecular formula is C117H98O21. The Balaban J connectivity index is 0.827. The molecule has 1 fully saturated rings. The van der Waals surface area contributed by atoms with E-state index in [2.05, 4.69) is 0 Å². The highest BCUT2D eigenvalue weighted by Crippen LogP contribution is 2.47. The molecule has 0 spiro atoms. The summed E-state index contributed by atoms with van der Waals surface area (Å²) in [5.41, 5.74) is 8.64. The average molecular weight is 1840 g/mol. The molecular weight excluding hydrogens is 1740 g/mol. The first-order valence-electron chi connectivity index (χ1n) is 45.2. The molecule has 17 rings (SSSR count). The largest absolute Gasteiger partial charge is 0.485 e. The van der Waals surface area contributed by atoms with Crippen molar-refractivity contribution < 1.29 is 99.7 Å². The summed E-state index contributed by atoms with van der Waals surface area (Å²) in [7, 11) is 0. The smallest absolute Gasteiger partial charge is 0.340 e. The standard InChI is InChI=1S/C117H98O21/c118-113(94-61-98(122-69-82-37-13-1-14-38-82)107(130-77-90-53-29-9-30-54-90)99(62-94)123-70-83-39-15-2-16-40-83)135-106-81-134-117(138-116(121)97-67-104(128-75-88-49-25-7-26-50-88)110(133-80-93-59-35-12-36-60-93)105(68-97)129-76-89-51-27-8-28-52-89)112(137-115(120)96-65-102(126-73-86-45-21-5-22-46-86)109(132-79-92-57-33-11-34-58-92)103(66-96)127-74-87-47-23-6-24-48-87)111(106)136-114(119)95-63-100(124-71-84-41-17-3-18-42-84)108(131-78-91-55-31-10-32-56-91)101(64-95)125-72-85-43-19-4-20-44-85/h1-68,106,111-112,117H,69-81H2/t106-,111+,112-,117?/m1/s1. The van der Waals surface area contributed by atoms with Crippen molar-refractivity contribution in [1.82, 2.24) is 0 Å². The molecule has 1 aliphatic rings. The molecule has 4 atom stereocenters. The number of hydrogen-bond donors (Lipinski definition) is 0. The van der Waals surface area contributed by atoms with E-state index in [4.69, 9.17) is 80.5 Å². The van der Waals surface area contributed by atoms with Crippen molar-refractivity contribution in [2.45, 2.75) is 104 Å². The van der Waals surface area contributed by atoms with E-state index in [0.29, 0.717) is 0 Å². The van der Waals surface area contributed by atoms with Crippen LogP contribution in [0.1, 0.15) is 108 Å². The van der Waals surface area contributed by atoms with Gasteiger partial charge in [0.25, 0.3) is 0 Å². The van der Waals surface area contributed by atoms with E-state index in [1.807, 2.05) is 364 Å². The summed E-state index contributed by atoms with van der Waals surface area (Å²) in [6.07, 6.45) is -8.11. The molecule has 21 nitrogen and oxygen atoms in total. The van der Waals surface area contributed by atoms with Crippen LogP contribution in [0.2, 0.25) is 0 Å². The zero-order valence-corrected chi connectivity index (χ0v) is 75.3. The number of rotatable bonds is 44. The van der Waals surface area contributed by atoms with Crippen molar-refractivity contribution in [3.63, 3.8) is 0 Å². The predicted molar refractivity (Wildman–Crippen MR) is 518 cm³/mol. The summed E-state index contributed by atoms with van der Waals surface area (Å²) in [6, 6.07) is 125. The van der Waals surface area contributed by atoms with E-state index in [1.54, 1.807) is 0 Å². The quantitative estimate of drug-likeness (QED) is 0.0255. The Morgan fingerprint density at radius 1 is 0.188 bits per heavy atom. The van der Waals surface area contributed by atoms with Crippen LogP contribution in [0, 0.1) is 0 Å². The Morgan fingerprint density at radius 2 is 0.341 bits per heavy atom. The van der Waals surface area contributed by atoms with Gasteiger partial charge in [0.15, 0.2) is 58.2 Å². The molecule has 0 amide bonds. The van der Waals surface area contributed by atoms with Gasteiger partial charge >= 0.3 is 23.9 Å². The second kappa shape index (κ2) is 47.5. The third kappa shape index (κ3) is 26.1. The molecule has 138 heavy (non-hydrogen) atoms. The van der Waals surface area contributed by atoms with Gasteiger partial charge in [0.05, 0.1) is 28.9 Å². The summed E-state index contributed by atoms with van der Waals surface area (Å²) in [4.78, 5) is 65.6. The molecule has 0 radical (unpaired) electrons. The predicted octanol–water partition coefficient (Wildman–Crippen LogP) is 23.8. The maximum atomic E-state index is 16.6. The van der Waals surface area contributed by atoms with Gasteiger partial charge in [-0.1, -0.05) is 364 Å². The fourth-order valence-electron chi connectivity index (χ4n) is 15.0. The lowest BCUT2D eigenvalue weighted by atomic mass is 10.0. The minimum Gasteiger partial charge on any atom is -0.485 e. The molecule has 0 N–H and O–H groups in total. The van der Waals surface area contributed by atoms with Crippen molar-refractivity contribution >= 4 is 23.9 Å². The number of benzene rings is 16. The highest BCUT2D eigenvalue weighted by atomic mass is 16.7. The molecule has 1 heterocycles. The van der Waals surface area contributed by atoms with Crippen molar-refractivity contribution in [3.8, 4) is 69.0 Å². The lowest BCUT2D eigenvalue weighted by Crippen LogP contribution is -2.58. The van der Waals surface area contributed by atoms with Gasteiger partial charge in [-0.05, 0) is 115 Å². The molecule has 1 unspecified atom stereocenters. The molecule has 0 bridgehead atoms. The summed E-state index contributed by atoms with van der Waals surface area (Å²) in [6.45, 7) is -0.701. The monoisotopic (exact) mass is 1840 g/mol. The molecule has 16 aromatic carbocycles. The molecule has 1 saturated heterocycles. The molecule has 692 valence electrons. The fraction of sp³-hybridized carbons (Fsp3) is 0.145. The number of ether oxygens (including phenoxy) is 17. The Labute approximate surface area is 800 Å². The lowest BCUT2D eigenvalue weighted by Gasteiger charge is -2.40. The van der Waals surface area contributed by atoms with Gasteiger partial charge in [-0.15, -0.1) is 0 Å². The van der Waals surface area contributed by atoms with E-state index in [1.165, 1.54) is 48.5 Å². The van der Waals surface area contributed by atoms with Crippen LogP contribution in [0.15, 0.2) is 413 Å². The molecule has 16 aromatic rings. The summed E-state index contributed by atoms with van der Waals surface area (Å²) in [5, 5.41) is 0. The average Bonchev–Trinajstić information content (AvgIpc) is 0.775. The minimum atomic E-state index is -2.15. The van der Waals surface area contributed by atoms with E-state index < -0.39 is 55.1 Å². The Morgan fingerprint density at radius 3 is 0.522 bits per heavy atom. The van der Waals surface area contributed by atoms with Gasteiger partial charge in [-0.3, -0.25) is 0 Å². The van der Waals surface area contributed by atoms with E-state index >= 15 is 19.2 Å². The van der Waals surface area contributed by atoms with Crippen LogP contribution in [-0.4, -0.2) is 55.1 Å². The number of hydrogen-bond acceptors (Lipinski definition) is 21. The second-order valence-corrected chi connectivity index (χ2v) is 32.3. The van der Waals surface area contributed by atoms with Gasteiger partial charge in [-0.2, -0.15) is 0 Å². The third-order valence-electron chi connectivity index (χ3n) is 22.2. The van der Waals surface area contributed by atoms with E-state index in [9.17, 15) is 0 Å². The number of carbonyl (C=O) groups excluding carboxylic acids is 4. The maximum Gasteiger partial charge on any atom is 0.340 e. The Kier molecular flexibility index (Phi) is 32.0.